The minimum atomic E-state index is 0.524. The largest absolute Gasteiger partial charge is 0.341 e. The zero-order valence-electron chi connectivity index (χ0n) is 9.49. The number of anilines is 1. The summed E-state index contributed by atoms with van der Waals surface area (Å²) >= 11 is 5.77. The minimum Gasteiger partial charge on any atom is -0.341 e. The van der Waals surface area contributed by atoms with Gasteiger partial charge in [-0.25, -0.2) is 9.97 Å². The Balaban J connectivity index is 2.04. The van der Waals surface area contributed by atoms with Crippen molar-refractivity contribution in [3.63, 3.8) is 0 Å². The Bertz CT molecular complexity index is 319. The van der Waals surface area contributed by atoms with Crippen molar-refractivity contribution >= 4 is 17.5 Å². The SMILES string of the molecule is CN(c1ncc(Cl)cn1)C1CCCNCC1. The van der Waals surface area contributed by atoms with Crippen LogP contribution in [-0.2, 0) is 0 Å². The maximum atomic E-state index is 5.77. The lowest BCUT2D eigenvalue weighted by atomic mass is 10.1. The number of aromatic nitrogens is 2. The first-order valence-electron chi connectivity index (χ1n) is 5.68. The van der Waals surface area contributed by atoms with Gasteiger partial charge in [-0.15, -0.1) is 0 Å². The zero-order valence-corrected chi connectivity index (χ0v) is 10.2. The quantitative estimate of drug-likeness (QED) is 0.855. The Morgan fingerprint density at radius 3 is 2.81 bits per heavy atom. The van der Waals surface area contributed by atoms with Crippen molar-refractivity contribution in [2.45, 2.75) is 25.3 Å². The van der Waals surface area contributed by atoms with Crippen LogP contribution in [0.25, 0.3) is 0 Å². The molecule has 2 rings (SSSR count). The third kappa shape index (κ3) is 2.83. The molecule has 0 amide bonds. The third-order valence-electron chi connectivity index (χ3n) is 3.02. The van der Waals surface area contributed by atoms with E-state index in [2.05, 4.69) is 27.2 Å². The monoisotopic (exact) mass is 240 g/mol. The summed E-state index contributed by atoms with van der Waals surface area (Å²) in [6.45, 7) is 2.19. The van der Waals surface area contributed by atoms with Gasteiger partial charge in [-0.2, -0.15) is 0 Å². The number of hydrogen-bond acceptors (Lipinski definition) is 4. The highest BCUT2D eigenvalue weighted by Crippen LogP contribution is 2.17. The van der Waals surface area contributed by atoms with Gasteiger partial charge in [-0.05, 0) is 32.4 Å². The van der Waals surface area contributed by atoms with Crippen LogP contribution in [-0.4, -0.2) is 36.1 Å². The molecule has 1 saturated heterocycles. The van der Waals surface area contributed by atoms with E-state index in [9.17, 15) is 0 Å². The number of nitrogens with zero attached hydrogens (tertiary/aromatic N) is 3. The summed E-state index contributed by atoms with van der Waals surface area (Å²) in [5.41, 5.74) is 0. The third-order valence-corrected chi connectivity index (χ3v) is 3.21. The second-order valence-corrected chi connectivity index (χ2v) is 4.58. The van der Waals surface area contributed by atoms with Gasteiger partial charge in [-0.3, -0.25) is 0 Å². The molecule has 2 heterocycles. The average Bonchev–Trinajstić information content (AvgIpc) is 2.57. The topological polar surface area (TPSA) is 41.1 Å². The summed E-state index contributed by atoms with van der Waals surface area (Å²) < 4.78 is 0. The van der Waals surface area contributed by atoms with Gasteiger partial charge in [0.25, 0.3) is 0 Å². The number of hydrogen-bond donors (Lipinski definition) is 1. The van der Waals surface area contributed by atoms with E-state index < -0.39 is 0 Å². The predicted molar refractivity (Wildman–Crippen MR) is 66.0 cm³/mol. The van der Waals surface area contributed by atoms with Crippen molar-refractivity contribution in [2.24, 2.45) is 0 Å². The van der Waals surface area contributed by atoms with E-state index in [4.69, 9.17) is 11.6 Å². The van der Waals surface area contributed by atoms with Crippen LogP contribution in [0.4, 0.5) is 5.95 Å². The Hall–Kier alpha value is -0.870. The van der Waals surface area contributed by atoms with Crippen LogP contribution < -0.4 is 10.2 Å². The van der Waals surface area contributed by atoms with E-state index in [1.165, 1.54) is 12.8 Å². The smallest absolute Gasteiger partial charge is 0.225 e. The summed E-state index contributed by atoms with van der Waals surface area (Å²) in [4.78, 5) is 10.6. The van der Waals surface area contributed by atoms with Crippen LogP contribution in [0.15, 0.2) is 12.4 Å². The molecule has 1 aromatic rings. The fraction of sp³-hybridized carbons (Fsp3) is 0.636. The molecule has 0 radical (unpaired) electrons. The zero-order chi connectivity index (χ0) is 11.4. The van der Waals surface area contributed by atoms with Crippen LogP contribution in [0.2, 0.25) is 5.02 Å². The van der Waals surface area contributed by atoms with Gasteiger partial charge in [-0.1, -0.05) is 11.6 Å². The van der Waals surface area contributed by atoms with Gasteiger partial charge in [0.05, 0.1) is 17.4 Å². The molecule has 1 aromatic heterocycles. The maximum absolute atomic E-state index is 5.77. The number of halogens is 1. The molecule has 1 fully saturated rings. The second kappa shape index (κ2) is 5.46. The normalized spacial score (nSPS) is 21.5. The van der Waals surface area contributed by atoms with Crippen molar-refractivity contribution in [1.82, 2.24) is 15.3 Å². The Morgan fingerprint density at radius 2 is 2.06 bits per heavy atom. The van der Waals surface area contributed by atoms with Crippen LogP contribution in [0, 0.1) is 0 Å². The predicted octanol–water partition coefficient (Wildman–Crippen LogP) is 1.71. The molecule has 4 nitrogen and oxygen atoms in total. The lowest BCUT2D eigenvalue weighted by Gasteiger charge is -2.26. The standard InChI is InChI=1S/C11H17ClN4/c1-16(10-3-2-5-13-6-4-10)11-14-7-9(12)8-15-11/h7-8,10,13H,2-6H2,1H3. The van der Waals surface area contributed by atoms with Crippen LogP contribution in [0.5, 0.6) is 0 Å². The summed E-state index contributed by atoms with van der Waals surface area (Å²) in [6, 6.07) is 0.524. The highest BCUT2D eigenvalue weighted by Gasteiger charge is 2.18. The molecule has 0 spiro atoms. The van der Waals surface area contributed by atoms with E-state index in [1.54, 1.807) is 12.4 Å². The first kappa shape index (κ1) is 11.6. The molecule has 0 bridgehead atoms. The van der Waals surface area contributed by atoms with Crippen LogP contribution in [0.1, 0.15) is 19.3 Å². The van der Waals surface area contributed by atoms with Gasteiger partial charge in [0, 0.05) is 13.1 Å². The van der Waals surface area contributed by atoms with Gasteiger partial charge in [0.2, 0.25) is 5.95 Å². The molecule has 1 aliphatic heterocycles. The van der Waals surface area contributed by atoms with Crippen molar-refractivity contribution < 1.29 is 0 Å². The number of nitrogens with one attached hydrogen (secondary N) is 1. The van der Waals surface area contributed by atoms with Gasteiger partial charge in [0.1, 0.15) is 0 Å². The first-order chi connectivity index (χ1) is 7.77. The van der Waals surface area contributed by atoms with E-state index >= 15 is 0 Å². The van der Waals surface area contributed by atoms with Crippen LogP contribution >= 0.6 is 11.6 Å². The van der Waals surface area contributed by atoms with Crippen molar-refractivity contribution in [3.8, 4) is 0 Å². The van der Waals surface area contributed by atoms with Gasteiger partial charge >= 0.3 is 0 Å². The lowest BCUT2D eigenvalue weighted by Crippen LogP contribution is -2.33. The highest BCUT2D eigenvalue weighted by atomic mass is 35.5. The molecule has 88 valence electrons. The average molecular weight is 241 g/mol. The fourth-order valence-corrected chi connectivity index (χ4v) is 2.14. The molecule has 1 aliphatic rings. The lowest BCUT2D eigenvalue weighted by molar-refractivity contribution is 0.558. The molecule has 0 saturated carbocycles. The summed E-state index contributed by atoms with van der Waals surface area (Å²) in [7, 11) is 2.05. The molecule has 5 heteroatoms. The first-order valence-corrected chi connectivity index (χ1v) is 6.06. The van der Waals surface area contributed by atoms with E-state index in [0.717, 1.165) is 25.5 Å². The maximum Gasteiger partial charge on any atom is 0.225 e. The van der Waals surface area contributed by atoms with E-state index in [-0.39, 0.29) is 0 Å². The van der Waals surface area contributed by atoms with Gasteiger partial charge < -0.3 is 10.2 Å². The molecular weight excluding hydrogens is 224 g/mol. The summed E-state index contributed by atoms with van der Waals surface area (Å²) in [5, 5.41) is 3.99. The van der Waals surface area contributed by atoms with E-state index in [1.807, 2.05) is 0 Å². The van der Waals surface area contributed by atoms with Crippen LogP contribution in [0.3, 0.4) is 0 Å². The van der Waals surface area contributed by atoms with Crippen molar-refractivity contribution in [3.05, 3.63) is 17.4 Å². The Kier molecular flexibility index (Phi) is 3.96. The summed E-state index contributed by atoms with van der Waals surface area (Å²) in [5.74, 6) is 0.760. The van der Waals surface area contributed by atoms with Crippen molar-refractivity contribution in [1.29, 1.82) is 0 Å². The highest BCUT2D eigenvalue weighted by molar-refractivity contribution is 6.30. The van der Waals surface area contributed by atoms with Crippen molar-refractivity contribution in [2.75, 3.05) is 25.0 Å². The molecular formula is C11H17ClN4. The Labute approximate surface area is 101 Å². The summed E-state index contributed by atoms with van der Waals surface area (Å²) in [6.07, 6.45) is 6.84. The number of rotatable bonds is 2. The second-order valence-electron chi connectivity index (χ2n) is 4.15. The van der Waals surface area contributed by atoms with E-state index in [0.29, 0.717) is 11.1 Å². The molecule has 0 aliphatic carbocycles. The Morgan fingerprint density at radius 1 is 1.31 bits per heavy atom. The molecule has 1 unspecified atom stereocenters. The molecule has 1 N–H and O–H groups in total. The molecule has 16 heavy (non-hydrogen) atoms. The minimum absolute atomic E-state index is 0.524. The van der Waals surface area contributed by atoms with Gasteiger partial charge in [0.15, 0.2) is 0 Å². The molecule has 0 aromatic carbocycles. The molecule has 1 atom stereocenters. The fourth-order valence-electron chi connectivity index (χ4n) is 2.04.